The standard InChI is InChI=1S/C14H28N2O2/c1-10(2)8-9-15-11(17)14(6,7)12(18)16-13(3,4)5/h10H,8-9H2,1-7H3,(H,15,17)(H,16,18). The van der Waals surface area contributed by atoms with E-state index in [9.17, 15) is 9.59 Å². The van der Waals surface area contributed by atoms with Crippen LogP contribution in [-0.2, 0) is 9.59 Å². The van der Waals surface area contributed by atoms with E-state index in [1.807, 2.05) is 20.8 Å². The van der Waals surface area contributed by atoms with Gasteiger partial charge in [0.05, 0.1) is 0 Å². The molecule has 0 aliphatic carbocycles. The van der Waals surface area contributed by atoms with Gasteiger partial charge in [-0.2, -0.15) is 0 Å². The fourth-order valence-corrected chi connectivity index (χ4v) is 1.30. The lowest BCUT2D eigenvalue weighted by molar-refractivity contribution is -0.142. The zero-order valence-corrected chi connectivity index (χ0v) is 12.8. The SMILES string of the molecule is CC(C)CCNC(=O)C(C)(C)C(=O)NC(C)(C)C. The topological polar surface area (TPSA) is 58.2 Å². The Morgan fingerprint density at radius 2 is 1.50 bits per heavy atom. The summed E-state index contributed by atoms with van der Waals surface area (Å²) in [6.07, 6.45) is 0.919. The van der Waals surface area contributed by atoms with Crippen LogP contribution in [0.5, 0.6) is 0 Å². The highest BCUT2D eigenvalue weighted by atomic mass is 16.2. The molecule has 0 aromatic carbocycles. The van der Waals surface area contributed by atoms with Crippen molar-refractivity contribution in [2.45, 2.75) is 60.4 Å². The first-order chi connectivity index (χ1) is 7.97. The first-order valence-electron chi connectivity index (χ1n) is 6.57. The van der Waals surface area contributed by atoms with Crippen LogP contribution in [0.15, 0.2) is 0 Å². The summed E-state index contributed by atoms with van der Waals surface area (Å²) in [6.45, 7) is 13.8. The Bertz CT molecular complexity index is 301. The molecule has 0 unspecified atom stereocenters. The van der Waals surface area contributed by atoms with Gasteiger partial charge in [0.25, 0.3) is 0 Å². The van der Waals surface area contributed by atoms with Crippen LogP contribution in [-0.4, -0.2) is 23.9 Å². The van der Waals surface area contributed by atoms with Crippen molar-refractivity contribution in [2.75, 3.05) is 6.54 Å². The molecule has 106 valence electrons. The molecule has 0 aliphatic heterocycles. The zero-order chi connectivity index (χ0) is 14.6. The first kappa shape index (κ1) is 16.9. The second-order valence-corrected chi connectivity index (χ2v) is 6.77. The van der Waals surface area contributed by atoms with Crippen LogP contribution in [0.4, 0.5) is 0 Å². The summed E-state index contributed by atoms with van der Waals surface area (Å²) in [4.78, 5) is 24.0. The normalized spacial score (nSPS) is 12.4. The molecule has 0 spiro atoms. The molecule has 2 amide bonds. The summed E-state index contributed by atoms with van der Waals surface area (Å²) in [6, 6.07) is 0. The van der Waals surface area contributed by atoms with Crippen molar-refractivity contribution in [2.24, 2.45) is 11.3 Å². The van der Waals surface area contributed by atoms with E-state index in [1.54, 1.807) is 13.8 Å². The average molecular weight is 256 g/mol. The number of amides is 2. The lowest BCUT2D eigenvalue weighted by atomic mass is 9.89. The molecule has 4 heteroatoms. The van der Waals surface area contributed by atoms with E-state index in [4.69, 9.17) is 0 Å². The van der Waals surface area contributed by atoms with Crippen LogP contribution < -0.4 is 10.6 Å². The maximum Gasteiger partial charge on any atom is 0.235 e. The smallest absolute Gasteiger partial charge is 0.235 e. The van der Waals surface area contributed by atoms with Crippen molar-refractivity contribution in [1.82, 2.24) is 10.6 Å². The van der Waals surface area contributed by atoms with Gasteiger partial charge in [0.15, 0.2) is 0 Å². The van der Waals surface area contributed by atoms with Crippen molar-refractivity contribution in [3.63, 3.8) is 0 Å². The molecule has 18 heavy (non-hydrogen) atoms. The number of hydrogen-bond acceptors (Lipinski definition) is 2. The first-order valence-corrected chi connectivity index (χ1v) is 6.57. The summed E-state index contributed by atoms with van der Waals surface area (Å²) in [5.41, 5.74) is -1.36. The number of carbonyl (C=O) groups is 2. The number of hydrogen-bond donors (Lipinski definition) is 2. The third kappa shape index (κ3) is 6.03. The second-order valence-electron chi connectivity index (χ2n) is 6.77. The Hall–Kier alpha value is -1.06. The lowest BCUT2D eigenvalue weighted by Crippen LogP contribution is -2.53. The van der Waals surface area contributed by atoms with E-state index in [0.29, 0.717) is 12.5 Å². The Balaban J connectivity index is 4.43. The maximum absolute atomic E-state index is 12.0. The minimum absolute atomic E-state index is 0.218. The van der Waals surface area contributed by atoms with Gasteiger partial charge in [-0.1, -0.05) is 13.8 Å². The van der Waals surface area contributed by atoms with Crippen molar-refractivity contribution in [3.05, 3.63) is 0 Å². The minimum Gasteiger partial charge on any atom is -0.355 e. The van der Waals surface area contributed by atoms with Gasteiger partial charge in [0.2, 0.25) is 11.8 Å². The molecular weight excluding hydrogens is 228 g/mol. The van der Waals surface area contributed by atoms with Crippen LogP contribution in [0, 0.1) is 11.3 Å². The number of nitrogens with one attached hydrogen (secondary N) is 2. The highest BCUT2D eigenvalue weighted by Gasteiger charge is 2.37. The van der Waals surface area contributed by atoms with Gasteiger partial charge in [0, 0.05) is 12.1 Å². The van der Waals surface area contributed by atoms with E-state index in [-0.39, 0.29) is 17.4 Å². The van der Waals surface area contributed by atoms with E-state index in [0.717, 1.165) is 6.42 Å². The van der Waals surface area contributed by atoms with Gasteiger partial charge in [0.1, 0.15) is 5.41 Å². The fraction of sp³-hybridized carbons (Fsp3) is 0.857. The Labute approximate surface area is 111 Å². The highest BCUT2D eigenvalue weighted by molar-refractivity contribution is 6.04. The molecule has 0 heterocycles. The average Bonchev–Trinajstić information content (AvgIpc) is 2.13. The molecule has 0 atom stereocenters. The Morgan fingerprint density at radius 3 is 1.89 bits per heavy atom. The minimum atomic E-state index is -1.04. The van der Waals surface area contributed by atoms with E-state index in [2.05, 4.69) is 24.5 Å². The second kappa shape index (κ2) is 6.21. The predicted octanol–water partition coefficient (Wildman–Crippen LogP) is 2.09. The zero-order valence-electron chi connectivity index (χ0n) is 12.8. The fourth-order valence-electron chi connectivity index (χ4n) is 1.30. The third-order valence-electron chi connectivity index (χ3n) is 2.63. The molecule has 2 N–H and O–H groups in total. The summed E-state index contributed by atoms with van der Waals surface area (Å²) in [5, 5.41) is 5.66. The van der Waals surface area contributed by atoms with Crippen LogP contribution in [0.25, 0.3) is 0 Å². The summed E-state index contributed by atoms with van der Waals surface area (Å²) in [5.74, 6) is 0.0822. The molecular formula is C14H28N2O2. The van der Waals surface area contributed by atoms with Crippen LogP contribution in [0.3, 0.4) is 0 Å². The lowest BCUT2D eigenvalue weighted by Gasteiger charge is -2.28. The van der Waals surface area contributed by atoms with Crippen molar-refractivity contribution in [1.29, 1.82) is 0 Å². The molecule has 0 aliphatic rings. The van der Waals surface area contributed by atoms with Gasteiger partial charge >= 0.3 is 0 Å². The van der Waals surface area contributed by atoms with Crippen molar-refractivity contribution < 1.29 is 9.59 Å². The van der Waals surface area contributed by atoms with Gasteiger partial charge < -0.3 is 10.6 Å². The summed E-state index contributed by atoms with van der Waals surface area (Å²) < 4.78 is 0. The van der Waals surface area contributed by atoms with Crippen LogP contribution in [0.1, 0.15) is 54.9 Å². The number of carbonyl (C=O) groups excluding carboxylic acids is 2. The van der Waals surface area contributed by atoms with Gasteiger partial charge in [-0.3, -0.25) is 9.59 Å². The molecule has 0 fully saturated rings. The number of rotatable bonds is 5. The van der Waals surface area contributed by atoms with Crippen molar-refractivity contribution >= 4 is 11.8 Å². The van der Waals surface area contributed by atoms with Gasteiger partial charge in [-0.05, 0) is 47.0 Å². The molecule has 0 bridgehead atoms. The van der Waals surface area contributed by atoms with Gasteiger partial charge in [-0.15, -0.1) is 0 Å². The predicted molar refractivity (Wildman–Crippen MR) is 74.1 cm³/mol. The third-order valence-corrected chi connectivity index (χ3v) is 2.63. The Morgan fingerprint density at radius 1 is 1.00 bits per heavy atom. The molecule has 0 saturated carbocycles. The van der Waals surface area contributed by atoms with Gasteiger partial charge in [-0.25, -0.2) is 0 Å². The Kier molecular flexibility index (Phi) is 5.84. The largest absolute Gasteiger partial charge is 0.355 e. The van der Waals surface area contributed by atoms with Crippen LogP contribution >= 0.6 is 0 Å². The monoisotopic (exact) mass is 256 g/mol. The van der Waals surface area contributed by atoms with E-state index in [1.165, 1.54) is 0 Å². The molecule has 0 radical (unpaired) electrons. The van der Waals surface area contributed by atoms with E-state index >= 15 is 0 Å². The van der Waals surface area contributed by atoms with Crippen LogP contribution in [0.2, 0.25) is 0 Å². The molecule has 0 aromatic rings. The summed E-state index contributed by atoms with van der Waals surface area (Å²) >= 11 is 0. The van der Waals surface area contributed by atoms with Crippen molar-refractivity contribution in [3.8, 4) is 0 Å². The molecule has 4 nitrogen and oxygen atoms in total. The molecule has 0 rings (SSSR count). The quantitative estimate of drug-likeness (QED) is 0.740. The van der Waals surface area contributed by atoms with E-state index < -0.39 is 5.41 Å². The molecule has 0 aromatic heterocycles. The highest BCUT2D eigenvalue weighted by Crippen LogP contribution is 2.17. The molecule has 0 saturated heterocycles. The maximum atomic E-state index is 12.0. The summed E-state index contributed by atoms with van der Waals surface area (Å²) in [7, 11) is 0.